The molecule has 0 radical (unpaired) electrons. The van der Waals surface area contributed by atoms with Crippen LogP contribution in [0.1, 0.15) is 59.3 Å². The fourth-order valence-electron chi connectivity index (χ4n) is 2.74. The van der Waals surface area contributed by atoms with Crippen molar-refractivity contribution in [3.8, 4) is 0 Å². The first-order valence-electron chi connectivity index (χ1n) is 6.84. The highest BCUT2D eigenvalue weighted by molar-refractivity contribution is 4.93. The number of rotatable bonds is 6. The molecule has 1 fully saturated rings. The normalized spacial score (nSPS) is 21.0. The second kappa shape index (κ2) is 6.58. The summed E-state index contributed by atoms with van der Waals surface area (Å²) in [5.41, 5.74) is 3.22. The Morgan fingerprint density at radius 3 is 2.38 bits per heavy atom. The van der Waals surface area contributed by atoms with E-state index >= 15 is 0 Å². The van der Waals surface area contributed by atoms with E-state index in [0.29, 0.717) is 6.04 Å². The largest absolute Gasteiger partial charge is 0.297 e. The summed E-state index contributed by atoms with van der Waals surface area (Å²) in [6.07, 6.45) is 7.75. The Kier molecular flexibility index (Phi) is 5.73. The molecular weight excluding hydrogens is 198 g/mol. The first-order chi connectivity index (χ1) is 7.62. The van der Waals surface area contributed by atoms with Gasteiger partial charge in [-0.15, -0.1) is 0 Å². The Morgan fingerprint density at radius 1 is 1.25 bits per heavy atom. The maximum absolute atomic E-state index is 5.73. The molecule has 3 N–H and O–H groups in total. The van der Waals surface area contributed by atoms with Gasteiger partial charge in [-0.05, 0) is 46.2 Å². The molecule has 0 aromatic rings. The number of unbranched alkanes of at least 4 members (excludes halogenated alkanes) is 1. The molecule has 1 unspecified atom stereocenters. The minimum Gasteiger partial charge on any atom is -0.297 e. The van der Waals surface area contributed by atoms with Crippen molar-refractivity contribution in [3.63, 3.8) is 0 Å². The zero-order valence-corrected chi connectivity index (χ0v) is 11.3. The third kappa shape index (κ3) is 3.44. The van der Waals surface area contributed by atoms with Crippen LogP contribution in [-0.4, -0.2) is 29.6 Å². The average molecular weight is 227 g/mol. The Hall–Kier alpha value is -0.120. The van der Waals surface area contributed by atoms with Gasteiger partial charge in [-0.1, -0.05) is 26.2 Å². The van der Waals surface area contributed by atoms with Crippen LogP contribution in [0.25, 0.3) is 0 Å². The van der Waals surface area contributed by atoms with E-state index in [2.05, 4.69) is 31.1 Å². The summed E-state index contributed by atoms with van der Waals surface area (Å²) in [5, 5.41) is 0. The second-order valence-corrected chi connectivity index (χ2v) is 5.56. The van der Waals surface area contributed by atoms with Crippen molar-refractivity contribution >= 4 is 0 Å². The highest BCUT2D eigenvalue weighted by Crippen LogP contribution is 2.25. The molecule has 3 nitrogen and oxygen atoms in total. The Labute approximate surface area is 101 Å². The highest BCUT2D eigenvalue weighted by Gasteiger charge is 2.34. The molecule has 16 heavy (non-hydrogen) atoms. The lowest BCUT2D eigenvalue weighted by Crippen LogP contribution is -2.60. The topological polar surface area (TPSA) is 41.3 Å². The molecule has 0 amide bonds. The van der Waals surface area contributed by atoms with Gasteiger partial charge in [-0.25, -0.2) is 0 Å². The summed E-state index contributed by atoms with van der Waals surface area (Å²) in [4.78, 5) is 2.61. The minimum absolute atomic E-state index is 0.185. The van der Waals surface area contributed by atoms with Crippen LogP contribution < -0.4 is 11.3 Å². The van der Waals surface area contributed by atoms with Crippen LogP contribution in [-0.2, 0) is 0 Å². The highest BCUT2D eigenvalue weighted by atomic mass is 15.3. The predicted octanol–water partition coefficient (Wildman–Crippen LogP) is 2.27. The van der Waals surface area contributed by atoms with E-state index in [-0.39, 0.29) is 5.54 Å². The van der Waals surface area contributed by atoms with Crippen LogP contribution in [0.15, 0.2) is 0 Å². The van der Waals surface area contributed by atoms with Crippen LogP contribution >= 0.6 is 0 Å². The van der Waals surface area contributed by atoms with Gasteiger partial charge in [0, 0.05) is 11.6 Å². The summed E-state index contributed by atoms with van der Waals surface area (Å²) in [6, 6.07) is 0.408. The summed E-state index contributed by atoms with van der Waals surface area (Å²) < 4.78 is 0. The molecule has 0 aromatic heterocycles. The average Bonchev–Trinajstić information content (AvgIpc) is 2.31. The fraction of sp³-hybridized carbons (Fsp3) is 1.00. The fourth-order valence-corrected chi connectivity index (χ4v) is 2.74. The van der Waals surface area contributed by atoms with Gasteiger partial charge in [0.15, 0.2) is 0 Å². The lowest BCUT2D eigenvalue weighted by atomic mass is 9.87. The molecule has 0 aromatic carbocycles. The third-order valence-electron chi connectivity index (χ3n) is 4.07. The van der Waals surface area contributed by atoms with E-state index in [0.717, 1.165) is 0 Å². The van der Waals surface area contributed by atoms with Gasteiger partial charge < -0.3 is 0 Å². The number of nitrogens with zero attached hydrogens (tertiary/aromatic N) is 1. The molecule has 1 saturated heterocycles. The number of hydrazine groups is 1. The maximum Gasteiger partial charge on any atom is 0.0389 e. The lowest BCUT2D eigenvalue weighted by Gasteiger charge is -2.45. The van der Waals surface area contributed by atoms with Crippen molar-refractivity contribution in [1.82, 2.24) is 10.3 Å². The molecule has 1 aliphatic heterocycles. The maximum atomic E-state index is 5.73. The van der Waals surface area contributed by atoms with Gasteiger partial charge in [-0.2, -0.15) is 0 Å². The monoisotopic (exact) mass is 227 g/mol. The van der Waals surface area contributed by atoms with E-state index in [1.54, 1.807) is 0 Å². The van der Waals surface area contributed by atoms with Crippen molar-refractivity contribution in [3.05, 3.63) is 0 Å². The lowest BCUT2D eigenvalue weighted by molar-refractivity contribution is 0.0575. The van der Waals surface area contributed by atoms with Gasteiger partial charge in [0.25, 0.3) is 0 Å². The van der Waals surface area contributed by atoms with E-state index in [1.807, 2.05) is 0 Å². The van der Waals surface area contributed by atoms with Gasteiger partial charge in [-0.3, -0.25) is 16.2 Å². The smallest absolute Gasteiger partial charge is 0.0389 e. The predicted molar refractivity (Wildman–Crippen MR) is 70.1 cm³/mol. The molecule has 96 valence electrons. The second-order valence-electron chi connectivity index (χ2n) is 5.56. The van der Waals surface area contributed by atoms with Crippen molar-refractivity contribution in [2.45, 2.75) is 70.9 Å². The molecule has 1 rings (SSSR count). The Balaban J connectivity index is 2.56. The summed E-state index contributed by atoms with van der Waals surface area (Å²) in [5.74, 6) is 5.73. The Morgan fingerprint density at radius 2 is 1.88 bits per heavy atom. The zero-order chi connectivity index (χ0) is 12.0. The third-order valence-corrected chi connectivity index (χ3v) is 4.07. The molecule has 0 saturated carbocycles. The minimum atomic E-state index is 0.185. The summed E-state index contributed by atoms with van der Waals surface area (Å²) in [6.45, 7) is 9.37. The Bertz CT molecular complexity index is 186. The number of nitrogens with two attached hydrogens (primary N) is 1. The summed E-state index contributed by atoms with van der Waals surface area (Å²) >= 11 is 0. The summed E-state index contributed by atoms with van der Waals surface area (Å²) in [7, 11) is 0. The van der Waals surface area contributed by atoms with Crippen LogP contribution in [0.2, 0.25) is 0 Å². The molecule has 0 aliphatic carbocycles. The molecule has 0 spiro atoms. The number of hydrogen-bond donors (Lipinski definition) is 2. The quantitative estimate of drug-likeness (QED) is 0.540. The van der Waals surface area contributed by atoms with Crippen LogP contribution in [0, 0.1) is 0 Å². The first kappa shape index (κ1) is 13.9. The molecule has 1 atom stereocenters. The number of likely N-dealkylation sites (tertiary alicyclic amines) is 1. The number of piperidine rings is 1. The van der Waals surface area contributed by atoms with Gasteiger partial charge in [0.05, 0.1) is 0 Å². The van der Waals surface area contributed by atoms with Crippen molar-refractivity contribution in [2.75, 3.05) is 13.1 Å². The van der Waals surface area contributed by atoms with Crippen molar-refractivity contribution < 1.29 is 0 Å². The van der Waals surface area contributed by atoms with Gasteiger partial charge in [0.1, 0.15) is 0 Å². The first-order valence-corrected chi connectivity index (χ1v) is 6.84. The van der Waals surface area contributed by atoms with Crippen LogP contribution in [0.5, 0.6) is 0 Å². The molecule has 3 heteroatoms. The van der Waals surface area contributed by atoms with E-state index < -0.39 is 0 Å². The van der Waals surface area contributed by atoms with Crippen molar-refractivity contribution in [1.29, 1.82) is 0 Å². The standard InChI is InChI=1S/C13H29N3/c1-4-5-9-12(15-14)13(2,3)16-10-7-6-8-11-16/h12,15H,4-11,14H2,1-3H3. The van der Waals surface area contributed by atoms with Gasteiger partial charge >= 0.3 is 0 Å². The number of hydrogen-bond acceptors (Lipinski definition) is 3. The molecular formula is C13H29N3. The zero-order valence-electron chi connectivity index (χ0n) is 11.3. The van der Waals surface area contributed by atoms with Crippen molar-refractivity contribution in [2.24, 2.45) is 5.84 Å². The van der Waals surface area contributed by atoms with Crippen LogP contribution in [0.3, 0.4) is 0 Å². The van der Waals surface area contributed by atoms with E-state index in [4.69, 9.17) is 5.84 Å². The van der Waals surface area contributed by atoms with Gasteiger partial charge in [0.2, 0.25) is 0 Å². The van der Waals surface area contributed by atoms with E-state index in [9.17, 15) is 0 Å². The number of nitrogens with one attached hydrogen (secondary N) is 1. The van der Waals surface area contributed by atoms with Crippen LogP contribution in [0.4, 0.5) is 0 Å². The molecule has 1 heterocycles. The molecule has 1 aliphatic rings. The van der Waals surface area contributed by atoms with E-state index in [1.165, 1.54) is 51.6 Å². The molecule has 0 bridgehead atoms. The SMILES string of the molecule is CCCCC(NN)C(C)(C)N1CCCCC1.